The van der Waals surface area contributed by atoms with Gasteiger partial charge in [-0.3, -0.25) is 14.8 Å². The van der Waals surface area contributed by atoms with Crippen LogP contribution >= 0.6 is 0 Å². The van der Waals surface area contributed by atoms with Crippen molar-refractivity contribution in [2.45, 2.75) is 32.2 Å². The van der Waals surface area contributed by atoms with Gasteiger partial charge in [-0.25, -0.2) is 0 Å². The lowest BCUT2D eigenvalue weighted by molar-refractivity contribution is -0.130. The molecule has 1 N–H and O–H groups in total. The van der Waals surface area contributed by atoms with Gasteiger partial charge < -0.3 is 10.2 Å². The van der Waals surface area contributed by atoms with Crippen molar-refractivity contribution in [1.29, 1.82) is 0 Å². The molecule has 1 fully saturated rings. The van der Waals surface area contributed by atoms with E-state index in [0.717, 1.165) is 25.2 Å². The van der Waals surface area contributed by atoms with Crippen LogP contribution in [0.5, 0.6) is 0 Å². The molecule has 1 aromatic rings. The fourth-order valence-electron chi connectivity index (χ4n) is 2.43. The minimum Gasteiger partial charge on any atom is -0.340 e. The topological polar surface area (TPSA) is 58.1 Å². The SMILES string of the molecule is CN(Cc1cnccn1)C(=O)CCC1CCNCC1. The molecular formula is C14H22N4O. The van der Waals surface area contributed by atoms with Crippen LogP contribution in [0.1, 0.15) is 31.4 Å². The van der Waals surface area contributed by atoms with Crippen molar-refractivity contribution >= 4 is 5.91 Å². The first kappa shape index (κ1) is 13.9. The van der Waals surface area contributed by atoms with Crippen molar-refractivity contribution < 1.29 is 4.79 Å². The number of nitrogens with zero attached hydrogens (tertiary/aromatic N) is 3. The van der Waals surface area contributed by atoms with E-state index in [4.69, 9.17) is 0 Å². The highest BCUT2D eigenvalue weighted by Crippen LogP contribution is 2.18. The van der Waals surface area contributed by atoms with Gasteiger partial charge >= 0.3 is 0 Å². The molecule has 104 valence electrons. The van der Waals surface area contributed by atoms with Crippen LogP contribution in [-0.2, 0) is 11.3 Å². The lowest BCUT2D eigenvalue weighted by Gasteiger charge is -2.23. The van der Waals surface area contributed by atoms with E-state index in [-0.39, 0.29) is 5.91 Å². The highest BCUT2D eigenvalue weighted by molar-refractivity contribution is 5.75. The number of hydrogen-bond donors (Lipinski definition) is 1. The molecule has 1 amide bonds. The van der Waals surface area contributed by atoms with Gasteiger partial charge in [0.25, 0.3) is 0 Å². The predicted octanol–water partition coefficient (Wildman–Crippen LogP) is 1.21. The normalized spacial score (nSPS) is 16.3. The molecule has 2 heterocycles. The highest BCUT2D eigenvalue weighted by Gasteiger charge is 2.16. The number of rotatable bonds is 5. The third-order valence-corrected chi connectivity index (χ3v) is 3.67. The van der Waals surface area contributed by atoms with Gasteiger partial charge in [0.15, 0.2) is 0 Å². The number of nitrogens with one attached hydrogen (secondary N) is 1. The number of hydrogen-bond acceptors (Lipinski definition) is 4. The summed E-state index contributed by atoms with van der Waals surface area (Å²) in [6.07, 6.45) is 9.04. The third kappa shape index (κ3) is 4.59. The van der Waals surface area contributed by atoms with Gasteiger partial charge in [0.2, 0.25) is 5.91 Å². The monoisotopic (exact) mass is 262 g/mol. The largest absolute Gasteiger partial charge is 0.340 e. The molecule has 0 aromatic carbocycles. The fraction of sp³-hybridized carbons (Fsp3) is 0.643. The van der Waals surface area contributed by atoms with Gasteiger partial charge in [-0.1, -0.05) is 0 Å². The Morgan fingerprint density at radius 1 is 1.42 bits per heavy atom. The van der Waals surface area contributed by atoms with Gasteiger partial charge in [0.05, 0.1) is 18.4 Å². The van der Waals surface area contributed by atoms with Crippen LogP contribution in [0.2, 0.25) is 0 Å². The Kier molecular flexibility index (Phi) is 5.27. The number of carbonyl (C=O) groups is 1. The summed E-state index contributed by atoms with van der Waals surface area (Å²) < 4.78 is 0. The van der Waals surface area contributed by atoms with Crippen LogP contribution in [0.3, 0.4) is 0 Å². The summed E-state index contributed by atoms with van der Waals surface area (Å²) >= 11 is 0. The zero-order valence-corrected chi connectivity index (χ0v) is 11.5. The van der Waals surface area contributed by atoms with Crippen LogP contribution < -0.4 is 5.32 Å². The quantitative estimate of drug-likeness (QED) is 0.866. The number of aromatic nitrogens is 2. The molecule has 0 saturated carbocycles. The van der Waals surface area contributed by atoms with E-state index >= 15 is 0 Å². The first-order chi connectivity index (χ1) is 9.25. The third-order valence-electron chi connectivity index (χ3n) is 3.67. The smallest absolute Gasteiger partial charge is 0.222 e. The molecular weight excluding hydrogens is 240 g/mol. The van der Waals surface area contributed by atoms with Gasteiger partial charge in [0, 0.05) is 25.9 Å². The lowest BCUT2D eigenvalue weighted by atomic mass is 9.93. The predicted molar refractivity (Wildman–Crippen MR) is 73.3 cm³/mol. The molecule has 0 unspecified atom stereocenters. The molecule has 0 bridgehead atoms. The van der Waals surface area contributed by atoms with E-state index < -0.39 is 0 Å². The van der Waals surface area contributed by atoms with Gasteiger partial charge in [-0.05, 0) is 38.3 Å². The summed E-state index contributed by atoms with van der Waals surface area (Å²) in [4.78, 5) is 22.0. The summed E-state index contributed by atoms with van der Waals surface area (Å²) in [5, 5.41) is 3.35. The first-order valence-electron chi connectivity index (χ1n) is 6.95. The second-order valence-electron chi connectivity index (χ2n) is 5.18. The van der Waals surface area contributed by atoms with E-state index in [1.165, 1.54) is 12.8 Å². The first-order valence-corrected chi connectivity index (χ1v) is 6.95. The van der Waals surface area contributed by atoms with Crippen LogP contribution in [-0.4, -0.2) is 40.9 Å². The average molecular weight is 262 g/mol. The summed E-state index contributed by atoms with van der Waals surface area (Å²) in [6.45, 7) is 2.72. The summed E-state index contributed by atoms with van der Waals surface area (Å²) in [5.74, 6) is 0.902. The molecule has 0 spiro atoms. The maximum absolute atomic E-state index is 12.1. The minimum atomic E-state index is 0.198. The van der Waals surface area contributed by atoms with E-state index in [9.17, 15) is 4.79 Å². The highest BCUT2D eigenvalue weighted by atomic mass is 16.2. The molecule has 5 heteroatoms. The Morgan fingerprint density at radius 3 is 2.89 bits per heavy atom. The van der Waals surface area contributed by atoms with E-state index in [2.05, 4.69) is 15.3 Å². The van der Waals surface area contributed by atoms with Crippen LogP contribution in [0.25, 0.3) is 0 Å². The van der Waals surface area contributed by atoms with Gasteiger partial charge in [0.1, 0.15) is 0 Å². The maximum Gasteiger partial charge on any atom is 0.222 e. The Hall–Kier alpha value is -1.49. The Bertz CT molecular complexity index is 390. The van der Waals surface area contributed by atoms with Crippen molar-refractivity contribution in [3.63, 3.8) is 0 Å². The number of amides is 1. The zero-order chi connectivity index (χ0) is 13.5. The molecule has 5 nitrogen and oxygen atoms in total. The van der Waals surface area contributed by atoms with Crippen LogP contribution in [0.4, 0.5) is 0 Å². The summed E-state index contributed by atoms with van der Waals surface area (Å²) in [7, 11) is 1.83. The van der Waals surface area contributed by atoms with E-state index in [1.807, 2.05) is 7.05 Å². The summed E-state index contributed by atoms with van der Waals surface area (Å²) in [5.41, 5.74) is 0.834. The van der Waals surface area contributed by atoms with Crippen molar-refractivity contribution in [3.05, 3.63) is 24.3 Å². The molecule has 1 aliphatic heterocycles. The Labute approximate surface area is 114 Å². The Morgan fingerprint density at radius 2 is 2.21 bits per heavy atom. The average Bonchev–Trinajstić information content (AvgIpc) is 2.47. The van der Waals surface area contributed by atoms with Crippen molar-refractivity contribution in [2.75, 3.05) is 20.1 Å². The molecule has 0 aliphatic carbocycles. The number of carbonyl (C=O) groups excluding carboxylic acids is 1. The fourth-order valence-corrected chi connectivity index (χ4v) is 2.43. The number of piperidine rings is 1. The van der Waals surface area contributed by atoms with Crippen molar-refractivity contribution in [3.8, 4) is 0 Å². The minimum absolute atomic E-state index is 0.198. The molecule has 19 heavy (non-hydrogen) atoms. The standard InChI is InChI=1S/C14H22N4O/c1-18(11-13-10-16-8-9-17-13)14(19)3-2-12-4-6-15-7-5-12/h8-10,12,15H,2-7,11H2,1H3. The maximum atomic E-state index is 12.1. The van der Waals surface area contributed by atoms with E-state index in [1.54, 1.807) is 23.5 Å². The van der Waals surface area contributed by atoms with Crippen molar-refractivity contribution in [1.82, 2.24) is 20.2 Å². The second kappa shape index (κ2) is 7.19. The lowest BCUT2D eigenvalue weighted by Crippen LogP contribution is -2.30. The molecule has 0 atom stereocenters. The molecule has 1 saturated heterocycles. The van der Waals surface area contributed by atoms with E-state index in [0.29, 0.717) is 18.9 Å². The summed E-state index contributed by atoms with van der Waals surface area (Å²) in [6, 6.07) is 0. The van der Waals surface area contributed by atoms with Crippen LogP contribution in [0, 0.1) is 5.92 Å². The molecule has 2 rings (SSSR count). The van der Waals surface area contributed by atoms with Gasteiger partial charge in [-0.2, -0.15) is 0 Å². The second-order valence-corrected chi connectivity index (χ2v) is 5.18. The zero-order valence-electron chi connectivity index (χ0n) is 11.5. The molecule has 1 aromatic heterocycles. The van der Waals surface area contributed by atoms with Crippen molar-refractivity contribution in [2.24, 2.45) is 5.92 Å². The van der Waals surface area contributed by atoms with Gasteiger partial charge in [-0.15, -0.1) is 0 Å². The molecule has 1 aliphatic rings. The Balaban J connectivity index is 1.73. The van der Waals surface area contributed by atoms with Crippen LogP contribution in [0.15, 0.2) is 18.6 Å². The molecule has 0 radical (unpaired) electrons.